The Bertz CT molecular complexity index is 978. The first-order chi connectivity index (χ1) is 13.5. The summed E-state index contributed by atoms with van der Waals surface area (Å²) in [6, 6.07) is 12.9. The number of benzene rings is 2. The quantitative estimate of drug-likeness (QED) is 0.338. The molecule has 0 aliphatic carbocycles. The maximum Gasteiger partial charge on any atom is 0.363 e. The van der Waals surface area contributed by atoms with Crippen molar-refractivity contribution in [1.29, 1.82) is 0 Å². The van der Waals surface area contributed by atoms with Crippen molar-refractivity contribution in [3.8, 4) is 11.5 Å². The van der Waals surface area contributed by atoms with Crippen LogP contribution in [0.2, 0.25) is 0 Å². The van der Waals surface area contributed by atoms with Gasteiger partial charge in [0.15, 0.2) is 17.2 Å². The number of hydrogen-bond acceptors (Lipinski definition) is 5. The van der Waals surface area contributed by atoms with E-state index < -0.39 is 5.97 Å². The molecule has 2 aromatic rings. The van der Waals surface area contributed by atoms with Gasteiger partial charge in [0, 0.05) is 4.47 Å². The van der Waals surface area contributed by atoms with Crippen molar-refractivity contribution in [2.45, 2.75) is 13.8 Å². The third-order valence-corrected chi connectivity index (χ3v) is 4.46. The topological polar surface area (TPSA) is 57.1 Å². The zero-order valence-corrected chi connectivity index (χ0v) is 17.3. The molecule has 28 heavy (non-hydrogen) atoms. The van der Waals surface area contributed by atoms with Gasteiger partial charge in [-0.05, 0) is 71.3 Å². The first-order valence-electron chi connectivity index (χ1n) is 8.79. The molecule has 0 fully saturated rings. The van der Waals surface area contributed by atoms with Gasteiger partial charge in [-0.25, -0.2) is 9.79 Å². The van der Waals surface area contributed by atoms with E-state index in [1.807, 2.05) is 50.2 Å². The van der Waals surface area contributed by atoms with Crippen LogP contribution >= 0.6 is 15.9 Å². The Labute approximate surface area is 172 Å². The van der Waals surface area contributed by atoms with Crippen LogP contribution < -0.4 is 9.47 Å². The Morgan fingerprint density at radius 1 is 1.21 bits per heavy atom. The zero-order valence-electron chi connectivity index (χ0n) is 15.7. The van der Waals surface area contributed by atoms with Crippen LogP contribution in [0.5, 0.6) is 11.5 Å². The predicted molar refractivity (Wildman–Crippen MR) is 113 cm³/mol. The Balaban J connectivity index is 1.89. The zero-order chi connectivity index (χ0) is 20.1. The second-order valence-electron chi connectivity index (χ2n) is 6.20. The Morgan fingerprint density at radius 2 is 2.00 bits per heavy atom. The molecular weight excluding hydrogens is 422 g/mol. The predicted octanol–water partition coefficient (Wildman–Crippen LogP) is 5.15. The monoisotopic (exact) mass is 441 g/mol. The first kappa shape index (κ1) is 19.9. The Kier molecular flexibility index (Phi) is 6.31. The minimum Gasteiger partial charge on any atom is -0.490 e. The molecule has 0 saturated carbocycles. The summed E-state index contributed by atoms with van der Waals surface area (Å²) >= 11 is 3.44. The number of carbonyl (C=O) groups is 1. The summed E-state index contributed by atoms with van der Waals surface area (Å²) in [5, 5.41) is 0. The summed E-state index contributed by atoms with van der Waals surface area (Å²) in [5.41, 5.74) is 2.62. The second kappa shape index (κ2) is 8.89. The molecule has 0 unspecified atom stereocenters. The molecular formula is C22H20BrNO4. The Hall–Kier alpha value is -2.86. The molecule has 0 atom stereocenters. The second-order valence-corrected chi connectivity index (χ2v) is 7.06. The Morgan fingerprint density at radius 3 is 2.71 bits per heavy atom. The fraction of sp³-hybridized carbons (Fsp3) is 0.182. The van der Waals surface area contributed by atoms with Crippen LogP contribution in [-0.2, 0) is 9.53 Å². The molecule has 0 amide bonds. The van der Waals surface area contributed by atoms with Gasteiger partial charge in [-0.3, -0.25) is 0 Å². The van der Waals surface area contributed by atoms with Gasteiger partial charge in [-0.1, -0.05) is 24.8 Å². The summed E-state index contributed by atoms with van der Waals surface area (Å²) < 4.78 is 17.5. The lowest BCUT2D eigenvalue weighted by Crippen LogP contribution is -2.05. The number of cyclic esters (lactones) is 1. The maximum atomic E-state index is 12.2. The van der Waals surface area contributed by atoms with Gasteiger partial charge in [0.1, 0.15) is 6.61 Å². The van der Waals surface area contributed by atoms with E-state index in [4.69, 9.17) is 14.2 Å². The molecule has 0 radical (unpaired) electrons. The molecule has 1 heterocycles. The van der Waals surface area contributed by atoms with E-state index in [1.165, 1.54) is 0 Å². The fourth-order valence-corrected chi connectivity index (χ4v) is 2.97. The number of rotatable bonds is 7. The summed E-state index contributed by atoms with van der Waals surface area (Å²) in [6.07, 6.45) is 1.66. The highest BCUT2D eigenvalue weighted by Gasteiger charge is 2.25. The number of carbonyl (C=O) groups excluding carboxylic acids is 1. The van der Waals surface area contributed by atoms with Gasteiger partial charge in [0.2, 0.25) is 5.90 Å². The smallest absolute Gasteiger partial charge is 0.363 e. The van der Waals surface area contributed by atoms with E-state index in [0.717, 1.165) is 21.2 Å². The number of aliphatic imine (C=N–C) groups is 1. The molecule has 1 aliphatic rings. The van der Waals surface area contributed by atoms with Crippen LogP contribution in [0.4, 0.5) is 0 Å². The lowest BCUT2D eigenvalue weighted by Gasteiger charge is -2.12. The number of esters is 1. The molecule has 0 aromatic heterocycles. The lowest BCUT2D eigenvalue weighted by atomic mass is 10.1. The van der Waals surface area contributed by atoms with E-state index in [1.54, 1.807) is 12.1 Å². The summed E-state index contributed by atoms with van der Waals surface area (Å²) in [4.78, 5) is 16.6. The fourth-order valence-electron chi connectivity index (χ4n) is 2.52. The average Bonchev–Trinajstić information content (AvgIpc) is 3.02. The number of hydrogen-bond donors (Lipinski definition) is 0. The van der Waals surface area contributed by atoms with E-state index in [2.05, 4.69) is 27.5 Å². The van der Waals surface area contributed by atoms with Gasteiger partial charge in [0.05, 0.1) is 12.2 Å². The van der Waals surface area contributed by atoms with Gasteiger partial charge in [-0.2, -0.15) is 0 Å². The molecule has 0 spiro atoms. The highest BCUT2D eigenvalue weighted by Crippen LogP contribution is 2.31. The van der Waals surface area contributed by atoms with Gasteiger partial charge in [0.25, 0.3) is 0 Å². The average molecular weight is 442 g/mol. The molecule has 0 saturated heterocycles. The van der Waals surface area contributed by atoms with Crippen molar-refractivity contribution in [3.05, 3.63) is 75.9 Å². The van der Waals surface area contributed by atoms with Gasteiger partial charge >= 0.3 is 5.97 Å². The summed E-state index contributed by atoms with van der Waals surface area (Å²) in [6.45, 7) is 8.53. The van der Waals surface area contributed by atoms with Crippen molar-refractivity contribution >= 4 is 33.9 Å². The molecule has 0 bridgehead atoms. The largest absolute Gasteiger partial charge is 0.490 e. The van der Waals surface area contributed by atoms with Gasteiger partial charge < -0.3 is 14.2 Å². The van der Waals surface area contributed by atoms with Crippen LogP contribution in [0, 0.1) is 0 Å². The SMILES string of the molecule is C=C(C)COc1ccc(/C=C2\N=C(c3ccccc3Br)OC2=O)cc1OCC. The van der Waals surface area contributed by atoms with Crippen molar-refractivity contribution in [2.24, 2.45) is 4.99 Å². The third kappa shape index (κ3) is 4.70. The van der Waals surface area contributed by atoms with Crippen LogP contribution in [0.3, 0.4) is 0 Å². The van der Waals surface area contributed by atoms with Crippen LogP contribution in [0.1, 0.15) is 25.0 Å². The van der Waals surface area contributed by atoms with Crippen LogP contribution in [0.15, 0.2) is 69.8 Å². The standard InChI is InChI=1S/C22H20BrNO4/c1-4-26-20-12-15(9-10-19(20)27-13-14(2)3)11-18-22(25)28-21(24-18)16-7-5-6-8-17(16)23/h5-12H,2,4,13H2,1,3H3/b18-11-. The van der Waals surface area contributed by atoms with Crippen molar-refractivity contribution in [2.75, 3.05) is 13.2 Å². The van der Waals surface area contributed by atoms with Crippen molar-refractivity contribution < 1.29 is 19.0 Å². The molecule has 2 aromatic carbocycles. The third-order valence-electron chi connectivity index (χ3n) is 3.77. The van der Waals surface area contributed by atoms with Crippen LogP contribution in [0.25, 0.3) is 6.08 Å². The summed E-state index contributed by atoms with van der Waals surface area (Å²) in [7, 11) is 0. The number of nitrogens with zero attached hydrogens (tertiary/aromatic N) is 1. The van der Waals surface area contributed by atoms with E-state index in [0.29, 0.717) is 24.7 Å². The van der Waals surface area contributed by atoms with E-state index in [-0.39, 0.29) is 11.6 Å². The minimum absolute atomic E-state index is 0.226. The molecule has 3 rings (SSSR count). The normalized spacial score (nSPS) is 14.6. The number of ether oxygens (including phenoxy) is 3. The summed E-state index contributed by atoms with van der Waals surface area (Å²) in [5.74, 6) is 0.999. The molecule has 1 aliphatic heterocycles. The van der Waals surface area contributed by atoms with Crippen molar-refractivity contribution in [1.82, 2.24) is 0 Å². The van der Waals surface area contributed by atoms with E-state index in [9.17, 15) is 4.79 Å². The number of halogens is 1. The van der Waals surface area contributed by atoms with Crippen LogP contribution in [-0.4, -0.2) is 25.1 Å². The molecule has 6 heteroatoms. The molecule has 144 valence electrons. The van der Waals surface area contributed by atoms with Crippen molar-refractivity contribution in [3.63, 3.8) is 0 Å². The minimum atomic E-state index is -0.494. The molecule has 5 nitrogen and oxygen atoms in total. The maximum absolute atomic E-state index is 12.2. The van der Waals surface area contributed by atoms with Gasteiger partial charge in [-0.15, -0.1) is 0 Å². The molecule has 0 N–H and O–H groups in total. The first-order valence-corrected chi connectivity index (χ1v) is 9.58. The van der Waals surface area contributed by atoms with E-state index >= 15 is 0 Å². The highest BCUT2D eigenvalue weighted by atomic mass is 79.9. The highest BCUT2D eigenvalue weighted by molar-refractivity contribution is 9.10. The lowest BCUT2D eigenvalue weighted by molar-refractivity contribution is -0.129.